The first-order chi connectivity index (χ1) is 9.81. The fraction of sp³-hybridized carbons (Fsp3) is 0.133. The molecule has 0 bridgehead atoms. The molecule has 0 saturated heterocycles. The molecule has 0 aliphatic rings. The van der Waals surface area contributed by atoms with Crippen LogP contribution in [0.25, 0.3) is 5.82 Å². The van der Waals surface area contributed by atoms with Gasteiger partial charge in [-0.1, -0.05) is 35.5 Å². The molecule has 0 amide bonds. The lowest BCUT2D eigenvalue weighted by Gasteiger charge is -2.09. The predicted octanol–water partition coefficient (Wildman–Crippen LogP) is 2.58. The van der Waals surface area contributed by atoms with Crippen LogP contribution < -0.4 is 5.32 Å². The second-order valence-corrected chi connectivity index (χ2v) is 4.57. The van der Waals surface area contributed by atoms with Gasteiger partial charge in [0.25, 0.3) is 0 Å². The van der Waals surface area contributed by atoms with Gasteiger partial charge >= 0.3 is 0 Å². The Labute approximate surface area is 117 Å². The molecule has 5 heteroatoms. The van der Waals surface area contributed by atoms with Gasteiger partial charge in [0.2, 0.25) is 0 Å². The molecule has 2 heterocycles. The average molecular weight is 265 g/mol. The first-order valence-electron chi connectivity index (χ1n) is 6.44. The maximum Gasteiger partial charge on any atom is 0.157 e. The molecule has 0 aliphatic carbocycles. The van der Waals surface area contributed by atoms with Crippen LogP contribution in [0, 0.1) is 6.92 Å². The molecule has 3 rings (SSSR count). The van der Waals surface area contributed by atoms with E-state index in [1.807, 2.05) is 37.3 Å². The number of aryl methyl sites for hydroxylation is 1. The van der Waals surface area contributed by atoms with E-state index >= 15 is 0 Å². The fourth-order valence-electron chi connectivity index (χ4n) is 1.98. The number of nitrogens with zero attached hydrogens (tertiary/aromatic N) is 4. The van der Waals surface area contributed by atoms with Gasteiger partial charge < -0.3 is 5.32 Å². The summed E-state index contributed by atoms with van der Waals surface area (Å²) in [4.78, 5) is 4.54. The Morgan fingerprint density at radius 2 is 2.00 bits per heavy atom. The summed E-state index contributed by atoms with van der Waals surface area (Å²) >= 11 is 0. The molecular weight excluding hydrogens is 250 g/mol. The molecule has 0 spiro atoms. The Kier molecular flexibility index (Phi) is 3.41. The van der Waals surface area contributed by atoms with Crippen molar-refractivity contribution in [3.63, 3.8) is 0 Å². The zero-order valence-corrected chi connectivity index (χ0v) is 11.2. The molecule has 5 nitrogen and oxygen atoms in total. The monoisotopic (exact) mass is 265 g/mol. The molecule has 20 heavy (non-hydrogen) atoms. The molecular formula is C15H15N5. The Morgan fingerprint density at radius 3 is 2.75 bits per heavy atom. The van der Waals surface area contributed by atoms with Gasteiger partial charge in [-0.05, 0) is 30.2 Å². The van der Waals surface area contributed by atoms with Crippen molar-refractivity contribution >= 4 is 5.82 Å². The van der Waals surface area contributed by atoms with Crippen molar-refractivity contribution in [3.8, 4) is 5.82 Å². The van der Waals surface area contributed by atoms with E-state index in [9.17, 15) is 0 Å². The smallest absolute Gasteiger partial charge is 0.157 e. The van der Waals surface area contributed by atoms with E-state index in [2.05, 4.69) is 32.7 Å². The van der Waals surface area contributed by atoms with Crippen molar-refractivity contribution < 1.29 is 0 Å². The molecule has 1 aromatic carbocycles. The lowest BCUT2D eigenvalue weighted by Crippen LogP contribution is -2.05. The zero-order chi connectivity index (χ0) is 13.8. The number of aromatic nitrogens is 4. The van der Waals surface area contributed by atoms with Crippen molar-refractivity contribution in [2.75, 3.05) is 5.32 Å². The third-order valence-electron chi connectivity index (χ3n) is 2.93. The van der Waals surface area contributed by atoms with Gasteiger partial charge in [0, 0.05) is 6.54 Å². The summed E-state index contributed by atoms with van der Waals surface area (Å²) in [6.07, 6.45) is 3.42. The number of hydrogen-bond donors (Lipinski definition) is 1. The van der Waals surface area contributed by atoms with Gasteiger partial charge in [0.05, 0.1) is 12.4 Å². The van der Waals surface area contributed by atoms with E-state index < -0.39 is 0 Å². The summed E-state index contributed by atoms with van der Waals surface area (Å²) in [5.74, 6) is 1.59. The van der Waals surface area contributed by atoms with Crippen LogP contribution in [0.15, 0.2) is 54.9 Å². The first kappa shape index (κ1) is 12.3. The minimum absolute atomic E-state index is 0.744. The predicted molar refractivity (Wildman–Crippen MR) is 77.7 cm³/mol. The normalized spacial score (nSPS) is 10.4. The summed E-state index contributed by atoms with van der Waals surface area (Å²) in [6, 6.07) is 14.2. The second-order valence-electron chi connectivity index (χ2n) is 4.57. The number of rotatable bonds is 4. The Hall–Kier alpha value is -2.69. The standard InChI is InChI=1S/C15H15N5/c1-12-9-14(16-11-13-5-3-2-4-6-13)18-15(10-12)20-8-7-17-19-20/h2-10H,11H2,1H3,(H,16,18). The van der Waals surface area contributed by atoms with E-state index in [1.54, 1.807) is 17.1 Å². The van der Waals surface area contributed by atoms with Crippen LogP contribution in [0.3, 0.4) is 0 Å². The average Bonchev–Trinajstić information content (AvgIpc) is 3.00. The minimum Gasteiger partial charge on any atom is -0.366 e. The zero-order valence-electron chi connectivity index (χ0n) is 11.2. The van der Waals surface area contributed by atoms with Gasteiger partial charge in [-0.25, -0.2) is 9.67 Å². The number of benzene rings is 1. The molecule has 0 atom stereocenters. The highest BCUT2D eigenvalue weighted by molar-refractivity contribution is 5.43. The summed E-state index contributed by atoms with van der Waals surface area (Å²) in [5.41, 5.74) is 2.35. The molecule has 2 aromatic heterocycles. The Balaban J connectivity index is 1.80. The SMILES string of the molecule is Cc1cc(NCc2ccccc2)nc(-n2ccnn2)c1. The van der Waals surface area contributed by atoms with Gasteiger partial charge in [0.1, 0.15) is 5.82 Å². The fourth-order valence-corrected chi connectivity index (χ4v) is 1.98. The van der Waals surface area contributed by atoms with Crippen molar-refractivity contribution in [2.45, 2.75) is 13.5 Å². The van der Waals surface area contributed by atoms with Crippen molar-refractivity contribution in [1.29, 1.82) is 0 Å². The quantitative estimate of drug-likeness (QED) is 0.787. The third kappa shape index (κ3) is 2.83. The molecule has 0 unspecified atom stereocenters. The number of anilines is 1. The highest BCUT2D eigenvalue weighted by atomic mass is 15.4. The number of hydrogen-bond acceptors (Lipinski definition) is 4. The van der Waals surface area contributed by atoms with Crippen LogP contribution >= 0.6 is 0 Å². The summed E-state index contributed by atoms with van der Waals surface area (Å²) in [5, 5.41) is 11.1. The number of pyridine rings is 1. The highest BCUT2D eigenvalue weighted by Crippen LogP contribution is 2.13. The highest BCUT2D eigenvalue weighted by Gasteiger charge is 2.03. The molecule has 0 aliphatic heterocycles. The van der Waals surface area contributed by atoms with Crippen molar-refractivity contribution in [1.82, 2.24) is 20.0 Å². The maximum atomic E-state index is 4.54. The molecule has 0 saturated carbocycles. The summed E-state index contributed by atoms with van der Waals surface area (Å²) in [7, 11) is 0. The van der Waals surface area contributed by atoms with Crippen LogP contribution in [0.1, 0.15) is 11.1 Å². The lowest BCUT2D eigenvalue weighted by atomic mass is 10.2. The topological polar surface area (TPSA) is 55.6 Å². The molecule has 0 fully saturated rings. The van der Waals surface area contributed by atoms with E-state index in [-0.39, 0.29) is 0 Å². The molecule has 1 N–H and O–H groups in total. The summed E-state index contributed by atoms with van der Waals surface area (Å²) < 4.78 is 1.65. The van der Waals surface area contributed by atoms with E-state index in [0.717, 1.165) is 23.7 Å². The Bertz CT molecular complexity index is 677. The first-order valence-corrected chi connectivity index (χ1v) is 6.44. The van der Waals surface area contributed by atoms with Gasteiger partial charge in [-0.2, -0.15) is 0 Å². The number of nitrogens with one attached hydrogen (secondary N) is 1. The minimum atomic E-state index is 0.744. The van der Waals surface area contributed by atoms with Crippen LogP contribution in [0.2, 0.25) is 0 Å². The van der Waals surface area contributed by atoms with Crippen molar-refractivity contribution in [3.05, 3.63) is 66.0 Å². The summed E-state index contributed by atoms with van der Waals surface area (Å²) in [6.45, 7) is 2.78. The Morgan fingerprint density at radius 1 is 1.15 bits per heavy atom. The van der Waals surface area contributed by atoms with E-state index in [0.29, 0.717) is 0 Å². The van der Waals surface area contributed by atoms with Gasteiger partial charge in [-0.3, -0.25) is 0 Å². The lowest BCUT2D eigenvalue weighted by molar-refractivity contribution is 0.780. The maximum absolute atomic E-state index is 4.54. The molecule has 0 radical (unpaired) electrons. The second kappa shape index (κ2) is 5.52. The molecule has 3 aromatic rings. The molecule has 100 valence electrons. The largest absolute Gasteiger partial charge is 0.366 e. The third-order valence-corrected chi connectivity index (χ3v) is 2.93. The van der Waals surface area contributed by atoms with Crippen LogP contribution in [-0.4, -0.2) is 20.0 Å². The van der Waals surface area contributed by atoms with E-state index in [1.165, 1.54) is 5.56 Å². The van der Waals surface area contributed by atoms with Gasteiger partial charge in [0.15, 0.2) is 5.82 Å². The van der Waals surface area contributed by atoms with Gasteiger partial charge in [-0.15, -0.1) is 5.10 Å². The van der Waals surface area contributed by atoms with Crippen LogP contribution in [0.5, 0.6) is 0 Å². The van der Waals surface area contributed by atoms with E-state index in [4.69, 9.17) is 0 Å². The van der Waals surface area contributed by atoms with Crippen LogP contribution in [-0.2, 0) is 6.54 Å². The van der Waals surface area contributed by atoms with Crippen LogP contribution in [0.4, 0.5) is 5.82 Å². The van der Waals surface area contributed by atoms with Crippen molar-refractivity contribution in [2.24, 2.45) is 0 Å².